The Bertz CT molecular complexity index is 846. The number of benzene rings is 1. The smallest absolute Gasteiger partial charge is 0.183 e. The fourth-order valence-corrected chi connectivity index (χ4v) is 3.76. The summed E-state index contributed by atoms with van der Waals surface area (Å²) < 4.78 is 6.71. The summed E-state index contributed by atoms with van der Waals surface area (Å²) in [6, 6.07) is 3.84. The van der Waals surface area contributed by atoms with Crippen LogP contribution in [0.5, 0.6) is 5.75 Å². The van der Waals surface area contributed by atoms with Crippen LogP contribution >= 0.6 is 11.3 Å². The van der Waals surface area contributed by atoms with Crippen molar-refractivity contribution in [2.45, 2.75) is 20.0 Å². The highest BCUT2D eigenvalue weighted by Gasteiger charge is 2.25. The second-order valence-corrected chi connectivity index (χ2v) is 6.36. The van der Waals surface area contributed by atoms with Crippen molar-refractivity contribution >= 4 is 26.7 Å². The molecule has 5 nitrogen and oxygen atoms in total. The Kier molecular flexibility index (Phi) is 4.19. The predicted octanol–water partition coefficient (Wildman–Crippen LogP) is 3.79. The number of rotatable bonds is 4. The third-order valence-electron chi connectivity index (χ3n) is 4.04. The van der Waals surface area contributed by atoms with E-state index in [1.54, 1.807) is 19.5 Å². The molecule has 2 N–H and O–H groups in total. The van der Waals surface area contributed by atoms with Crippen LogP contribution in [-0.2, 0) is 4.74 Å². The standard InChI is InChI=1S/C17H19N3O2S/c1-9-12(15(22-4)11-6-5-7-19-8-11)13-16(10(2)14(9)21)23-17(18-3)20-13/h5-8,15,21H,1-4H3,(H,18,20). The van der Waals surface area contributed by atoms with E-state index in [1.807, 2.05) is 33.0 Å². The SMILES string of the molecule is CNc1nc2c(C(OC)c3cccnc3)c(C)c(O)c(C)c2s1. The van der Waals surface area contributed by atoms with Crippen molar-refractivity contribution in [3.8, 4) is 5.75 Å². The van der Waals surface area contributed by atoms with Crippen LogP contribution in [0.15, 0.2) is 24.5 Å². The van der Waals surface area contributed by atoms with E-state index in [0.717, 1.165) is 37.6 Å². The maximum atomic E-state index is 10.5. The number of hydrogen-bond acceptors (Lipinski definition) is 6. The average molecular weight is 329 g/mol. The third-order valence-corrected chi connectivity index (χ3v) is 5.23. The minimum Gasteiger partial charge on any atom is -0.507 e. The molecule has 1 aromatic carbocycles. The lowest BCUT2D eigenvalue weighted by Crippen LogP contribution is -2.07. The molecule has 0 radical (unpaired) electrons. The Morgan fingerprint density at radius 1 is 1.30 bits per heavy atom. The van der Waals surface area contributed by atoms with Gasteiger partial charge in [0, 0.05) is 43.2 Å². The molecular weight excluding hydrogens is 310 g/mol. The molecule has 0 fully saturated rings. The predicted molar refractivity (Wildman–Crippen MR) is 93.4 cm³/mol. The minimum atomic E-state index is -0.329. The van der Waals surface area contributed by atoms with Gasteiger partial charge in [0.05, 0.1) is 10.2 Å². The van der Waals surface area contributed by atoms with E-state index in [1.165, 1.54) is 11.3 Å². The summed E-state index contributed by atoms with van der Waals surface area (Å²) in [5.41, 5.74) is 4.32. The second kappa shape index (κ2) is 6.14. The molecule has 120 valence electrons. The van der Waals surface area contributed by atoms with Gasteiger partial charge in [0.2, 0.25) is 0 Å². The summed E-state index contributed by atoms with van der Waals surface area (Å²) in [4.78, 5) is 8.86. The number of phenolic OH excluding ortho intramolecular Hbond substituents is 1. The molecule has 6 heteroatoms. The van der Waals surface area contributed by atoms with Gasteiger partial charge < -0.3 is 15.2 Å². The summed E-state index contributed by atoms with van der Waals surface area (Å²) in [6.07, 6.45) is 3.18. The van der Waals surface area contributed by atoms with Crippen LogP contribution in [0.25, 0.3) is 10.2 Å². The van der Waals surface area contributed by atoms with Crippen LogP contribution in [0.4, 0.5) is 5.13 Å². The number of aryl methyl sites for hydroxylation is 1. The fourth-order valence-electron chi connectivity index (χ4n) is 2.83. The molecule has 0 aliphatic rings. The second-order valence-electron chi connectivity index (χ2n) is 5.36. The van der Waals surface area contributed by atoms with Gasteiger partial charge in [-0.2, -0.15) is 0 Å². The Labute approximate surface area is 139 Å². The zero-order valence-electron chi connectivity index (χ0n) is 13.5. The number of nitrogens with one attached hydrogen (secondary N) is 1. The van der Waals surface area contributed by atoms with Gasteiger partial charge >= 0.3 is 0 Å². The van der Waals surface area contributed by atoms with Crippen molar-refractivity contribution in [2.24, 2.45) is 0 Å². The molecule has 3 aromatic rings. The quantitative estimate of drug-likeness (QED) is 0.762. The maximum absolute atomic E-state index is 10.5. The Morgan fingerprint density at radius 3 is 2.70 bits per heavy atom. The molecule has 2 aromatic heterocycles. The molecule has 0 saturated carbocycles. The van der Waals surface area contributed by atoms with E-state index < -0.39 is 0 Å². The van der Waals surface area contributed by atoms with Gasteiger partial charge in [-0.05, 0) is 25.5 Å². The molecule has 1 atom stereocenters. The van der Waals surface area contributed by atoms with E-state index in [4.69, 9.17) is 4.74 Å². The maximum Gasteiger partial charge on any atom is 0.183 e. The lowest BCUT2D eigenvalue weighted by atomic mass is 9.94. The molecule has 0 bridgehead atoms. The van der Waals surface area contributed by atoms with E-state index in [2.05, 4.69) is 15.3 Å². The lowest BCUT2D eigenvalue weighted by Gasteiger charge is -2.20. The molecule has 3 rings (SSSR count). The first-order valence-electron chi connectivity index (χ1n) is 7.31. The van der Waals surface area contributed by atoms with Gasteiger partial charge in [-0.3, -0.25) is 4.98 Å². The number of hydrogen-bond donors (Lipinski definition) is 2. The average Bonchev–Trinajstić information content (AvgIpc) is 3.01. The van der Waals surface area contributed by atoms with Gasteiger partial charge in [-0.1, -0.05) is 17.4 Å². The number of anilines is 1. The number of fused-ring (bicyclic) bond motifs is 1. The molecule has 0 amide bonds. The van der Waals surface area contributed by atoms with Crippen molar-refractivity contribution in [1.29, 1.82) is 0 Å². The normalized spacial score (nSPS) is 12.5. The number of nitrogens with zero attached hydrogens (tertiary/aromatic N) is 2. The van der Waals surface area contributed by atoms with E-state index in [0.29, 0.717) is 5.75 Å². The van der Waals surface area contributed by atoms with Crippen LogP contribution in [0.1, 0.15) is 28.4 Å². The van der Waals surface area contributed by atoms with Crippen molar-refractivity contribution in [1.82, 2.24) is 9.97 Å². The number of aromatic nitrogens is 2. The fraction of sp³-hybridized carbons (Fsp3) is 0.294. The molecule has 1 unspecified atom stereocenters. The van der Waals surface area contributed by atoms with Crippen molar-refractivity contribution in [2.75, 3.05) is 19.5 Å². The Balaban J connectivity index is 2.33. The van der Waals surface area contributed by atoms with Crippen molar-refractivity contribution < 1.29 is 9.84 Å². The zero-order valence-corrected chi connectivity index (χ0v) is 14.4. The van der Waals surface area contributed by atoms with E-state index >= 15 is 0 Å². The summed E-state index contributed by atoms with van der Waals surface area (Å²) in [6.45, 7) is 3.82. The Morgan fingerprint density at radius 2 is 2.09 bits per heavy atom. The van der Waals surface area contributed by atoms with Gasteiger partial charge in [0.1, 0.15) is 11.9 Å². The topological polar surface area (TPSA) is 67.3 Å². The van der Waals surface area contributed by atoms with Gasteiger partial charge in [0.15, 0.2) is 5.13 Å². The molecule has 0 saturated heterocycles. The lowest BCUT2D eigenvalue weighted by molar-refractivity contribution is 0.136. The largest absolute Gasteiger partial charge is 0.507 e. The van der Waals surface area contributed by atoms with Gasteiger partial charge in [-0.25, -0.2) is 4.98 Å². The number of ether oxygens (including phenoxy) is 1. The zero-order chi connectivity index (χ0) is 16.6. The van der Waals surface area contributed by atoms with Crippen LogP contribution in [0, 0.1) is 13.8 Å². The molecule has 23 heavy (non-hydrogen) atoms. The molecule has 0 aliphatic carbocycles. The van der Waals surface area contributed by atoms with Crippen LogP contribution in [0.2, 0.25) is 0 Å². The number of aromatic hydroxyl groups is 1. The number of thiazole rings is 1. The highest BCUT2D eigenvalue weighted by Crippen LogP contribution is 2.43. The van der Waals surface area contributed by atoms with Crippen LogP contribution in [-0.4, -0.2) is 29.2 Å². The van der Waals surface area contributed by atoms with E-state index in [9.17, 15) is 5.11 Å². The summed E-state index contributed by atoms with van der Waals surface area (Å²) >= 11 is 1.53. The highest BCUT2D eigenvalue weighted by molar-refractivity contribution is 7.22. The van der Waals surface area contributed by atoms with Gasteiger partial charge in [0.25, 0.3) is 0 Å². The highest BCUT2D eigenvalue weighted by atomic mass is 32.1. The molecular formula is C17H19N3O2S. The van der Waals surface area contributed by atoms with E-state index in [-0.39, 0.29) is 6.10 Å². The summed E-state index contributed by atoms with van der Waals surface area (Å²) in [5.74, 6) is 0.296. The van der Waals surface area contributed by atoms with Gasteiger partial charge in [-0.15, -0.1) is 0 Å². The van der Waals surface area contributed by atoms with Crippen molar-refractivity contribution in [3.05, 3.63) is 46.8 Å². The summed E-state index contributed by atoms with van der Waals surface area (Å²) in [5, 5.41) is 14.4. The minimum absolute atomic E-state index is 0.296. The number of methoxy groups -OCH3 is 1. The number of phenols is 1. The monoisotopic (exact) mass is 329 g/mol. The summed E-state index contributed by atoms with van der Waals surface area (Å²) in [7, 11) is 3.50. The van der Waals surface area contributed by atoms with Crippen molar-refractivity contribution in [3.63, 3.8) is 0 Å². The Hall–Kier alpha value is -2.18. The first kappa shape index (κ1) is 15.7. The van der Waals surface area contributed by atoms with Crippen LogP contribution < -0.4 is 5.32 Å². The third kappa shape index (κ3) is 2.54. The first-order valence-corrected chi connectivity index (χ1v) is 8.13. The number of pyridine rings is 1. The molecule has 0 aliphatic heterocycles. The molecule has 2 heterocycles. The first-order chi connectivity index (χ1) is 11.1. The van der Waals surface area contributed by atoms with Crippen LogP contribution in [0.3, 0.4) is 0 Å². The molecule has 0 spiro atoms.